The fourth-order valence-corrected chi connectivity index (χ4v) is 3.46. The molecule has 0 unspecified atom stereocenters. The van der Waals surface area contributed by atoms with E-state index >= 15 is 0 Å². The molecule has 1 aromatic carbocycles. The van der Waals surface area contributed by atoms with Gasteiger partial charge in [-0.3, -0.25) is 4.79 Å². The second-order valence-corrected chi connectivity index (χ2v) is 6.03. The molecular weight excluding hydrogens is 298 g/mol. The van der Waals surface area contributed by atoms with Crippen LogP contribution in [0, 0.1) is 0 Å². The van der Waals surface area contributed by atoms with E-state index in [1.807, 2.05) is 23.1 Å². The average molecular weight is 319 g/mol. The lowest BCUT2D eigenvalue weighted by Gasteiger charge is -2.31. The predicted octanol–water partition coefficient (Wildman–Crippen LogP) is 1.54. The smallest absolute Gasteiger partial charge is 0.254 e. The number of hydrogen-bond acceptors (Lipinski definition) is 5. The lowest BCUT2D eigenvalue weighted by Crippen LogP contribution is -2.45. The highest BCUT2D eigenvalue weighted by Gasteiger charge is 2.35. The van der Waals surface area contributed by atoms with Gasteiger partial charge < -0.3 is 23.8 Å². The Morgan fingerprint density at radius 3 is 2.78 bits per heavy atom. The molecule has 2 atom stereocenters. The lowest BCUT2D eigenvalue weighted by atomic mass is 10.0. The van der Waals surface area contributed by atoms with Crippen molar-refractivity contribution in [1.82, 2.24) is 4.90 Å². The van der Waals surface area contributed by atoms with Crippen molar-refractivity contribution in [2.45, 2.75) is 25.0 Å². The molecule has 0 aliphatic carbocycles. The Hall–Kier alpha value is -1.79. The molecule has 23 heavy (non-hydrogen) atoms. The van der Waals surface area contributed by atoms with Crippen LogP contribution < -0.4 is 9.47 Å². The number of ether oxygens (including phenoxy) is 4. The first-order chi connectivity index (χ1) is 11.3. The molecule has 3 aliphatic rings. The predicted molar refractivity (Wildman–Crippen MR) is 81.7 cm³/mol. The maximum atomic E-state index is 12.7. The van der Waals surface area contributed by atoms with Gasteiger partial charge in [0, 0.05) is 6.54 Å². The van der Waals surface area contributed by atoms with E-state index in [9.17, 15) is 4.79 Å². The van der Waals surface area contributed by atoms with Gasteiger partial charge in [0.2, 0.25) is 0 Å². The summed E-state index contributed by atoms with van der Waals surface area (Å²) in [5.41, 5.74) is 1.09. The average Bonchev–Trinajstić information content (AvgIpc) is 3.11. The summed E-state index contributed by atoms with van der Waals surface area (Å²) in [6.07, 6.45) is 1.48. The van der Waals surface area contributed by atoms with Crippen LogP contribution in [0.2, 0.25) is 0 Å². The number of hydrogen-bond donors (Lipinski definition) is 0. The first-order valence-corrected chi connectivity index (χ1v) is 8.22. The Kier molecular flexibility index (Phi) is 4.10. The van der Waals surface area contributed by atoms with E-state index in [1.54, 1.807) is 0 Å². The molecule has 0 spiro atoms. The van der Waals surface area contributed by atoms with E-state index in [-0.39, 0.29) is 11.9 Å². The summed E-state index contributed by atoms with van der Waals surface area (Å²) in [6.45, 7) is 3.31. The molecular formula is C17H21NO5. The summed E-state index contributed by atoms with van der Waals surface area (Å²) in [5, 5.41) is 0. The number of rotatable bonds is 2. The third-order valence-electron chi connectivity index (χ3n) is 4.58. The number of benzene rings is 1. The Labute approximate surface area is 135 Å². The fourth-order valence-electron chi connectivity index (χ4n) is 3.46. The molecule has 0 saturated carbocycles. The first kappa shape index (κ1) is 14.8. The molecule has 2 fully saturated rings. The van der Waals surface area contributed by atoms with E-state index in [0.29, 0.717) is 33.0 Å². The van der Waals surface area contributed by atoms with Crippen molar-refractivity contribution in [1.29, 1.82) is 0 Å². The standard InChI is InChI=1S/C17H21NO5/c19-17(16-11-20-6-7-23-16)18-5-1-2-13(18)12-3-4-14-15(10-12)22-9-8-21-14/h3-4,10,13,16H,1-2,5-9,11H2/t13-,16-/m1/s1. The quantitative estimate of drug-likeness (QED) is 0.827. The van der Waals surface area contributed by atoms with Crippen molar-refractivity contribution in [3.8, 4) is 11.5 Å². The summed E-state index contributed by atoms with van der Waals surface area (Å²) < 4.78 is 22.2. The molecule has 0 aromatic heterocycles. The second kappa shape index (κ2) is 6.37. The van der Waals surface area contributed by atoms with Crippen LogP contribution in [-0.2, 0) is 14.3 Å². The largest absolute Gasteiger partial charge is 0.486 e. The zero-order valence-corrected chi connectivity index (χ0v) is 13.0. The third-order valence-corrected chi connectivity index (χ3v) is 4.58. The number of fused-ring (bicyclic) bond motifs is 1. The van der Waals surface area contributed by atoms with Gasteiger partial charge >= 0.3 is 0 Å². The summed E-state index contributed by atoms with van der Waals surface area (Å²) in [6, 6.07) is 6.04. The highest BCUT2D eigenvalue weighted by atomic mass is 16.6. The molecule has 3 aliphatic heterocycles. The third kappa shape index (κ3) is 2.88. The zero-order valence-electron chi connectivity index (χ0n) is 13.0. The number of amides is 1. The fraction of sp³-hybridized carbons (Fsp3) is 0.588. The summed E-state index contributed by atoms with van der Waals surface area (Å²) in [7, 11) is 0. The molecule has 3 heterocycles. The van der Waals surface area contributed by atoms with Gasteiger partial charge in [-0.05, 0) is 30.5 Å². The minimum Gasteiger partial charge on any atom is -0.486 e. The van der Waals surface area contributed by atoms with Gasteiger partial charge in [-0.1, -0.05) is 6.07 Å². The van der Waals surface area contributed by atoms with E-state index in [2.05, 4.69) is 0 Å². The topological polar surface area (TPSA) is 57.2 Å². The molecule has 0 N–H and O–H groups in total. The van der Waals surface area contributed by atoms with Gasteiger partial charge in [-0.25, -0.2) is 0 Å². The van der Waals surface area contributed by atoms with Crippen molar-refractivity contribution in [3.63, 3.8) is 0 Å². The Morgan fingerprint density at radius 2 is 1.96 bits per heavy atom. The van der Waals surface area contributed by atoms with Gasteiger partial charge in [0.05, 0.1) is 25.9 Å². The molecule has 1 aromatic rings. The Balaban J connectivity index is 1.54. The van der Waals surface area contributed by atoms with Gasteiger partial charge in [-0.2, -0.15) is 0 Å². The van der Waals surface area contributed by atoms with Crippen molar-refractivity contribution in [3.05, 3.63) is 23.8 Å². The van der Waals surface area contributed by atoms with Crippen molar-refractivity contribution in [2.24, 2.45) is 0 Å². The van der Waals surface area contributed by atoms with Crippen molar-refractivity contribution in [2.75, 3.05) is 39.6 Å². The Bertz CT molecular complexity index is 584. The normalized spacial score (nSPS) is 27.0. The minimum atomic E-state index is -0.471. The molecule has 2 saturated heterocycles. The van der Waals surface area contributed by atoms with E-state index in [0.717, 1.165) is 36.4 Å². The molecule has 0 radical (unpaired) electrons. The van der Waals surface area contributed by atoms with Crippen LogP contribution in [0.3, 0.4) is 0 Å². The lowest BCUT2D eigenvalue weighted by molar-refractivity contribution is -0.158. The molecule has 6 heteroatoms. The maximum Gasteiger partial charge on any atom is 0.254 e. The van der Waals surface area contributed by atoms with Crippen molar-refractivity contribution >= 4 is 5.91 Å². The number of likely N-dealkylation sites (tertiary alicyclic amines) is 1. The SMILES string of the molecule is O=C([C@H]1COCCO1)N1CCC[C@@H]1c1ccc2c(c1)OCCO2. The van der Waals surface area contributed by atoms with Crippen LogP contribution in [0.25, 0.3) is 0 Å². The summed E-state index contributed by atoms with van der Waals surface area (Å²) in [4.78, 5) is 14.7. The second-order valence-electron chi connectivity index (χ2n) is 6.03. The number of carbonyl (C=O) groups excluding carboxylic acids is 1. The van der Waals surface area contributed by atoms with Crippen LogP contribution in [-0.4, -0.2) is 56.5 Å². The molecule has 6 nitrogen and oxygen atoms in total. The van der Waals surface area contributed by atoms with Crippen LogP contribution in [0.15, 0.2) is 18.2 Å². The summed E-state index contributed by atoms with van der Waals surface area (Å²) >= 11 is 0. The van der Waals surface area contributed by atoms with Gasteiger partial charge in [0.25, 0.3) is 5.91 Å². The van der Waals surface area contributed by atoms with Gasteiger partial charge in [0.15, 0.2) is 17.6 Å². The highest BCUT2D eigenvalue weighted by Crippen LogP contribution is 2.38. The number of nitrogens with zero attached hydrogens (tertiary/aromatic N) is 1. The van der Waals surface area contributed by atoms with Crippen LogP contribution in [0.1, 0.15) is 24.4 Å². The monoisotopic (exact) mass is 319 g/mol. The minimum absolute atomic E-state index is 0.0297. The van der Waals surface area contributed by atoms with Crippen molar-refractivity contribution < 1.29 is 23.7 Å². The summed E-state index contributed by atoms with van der Waals surface area (Å²) in [5.74, 6) is 1.58. The van der Waals surface area contributed by atoms with Gasteiger partial charge in [0.1, 0.15) is 13.2 Å². The maximum absolute atomic E-state index is 12.7. The van der Waals surface area contributed by atoms with E-state index in [1.165, 1.54) is 0 Å². The Morgan fingerprint density at radius 1 is 1.09 bits per heavy atom. The number of carbonyl (C=O) groups is 1. The molecule has 4 rings (SSSR count). The zero-order chi connectivity index (χ0) is 15.6. The van der Waals surface area contributed by atoms with Crippen LogP contribution in [0.5, 0.6) is 11.5 Å². The van der Waals surface area contributed by atoms with Gasteiger partial charge in [-0.15, -0.1) is 0 Å². The highest BCUT2D eigenvalue weighted by molar-refractivity contribution is 5.82. The van der Waals surface area contributed by atoms with Crippen LogP contribution >= 0.6 is 0 Å². The van der Waals surface area contributed by atoms with E-state index in [4.69, 9.17) is 18.9 Å². The van der Waals surface area contributed by atoms with Crippen LogP contribution in [0.4, 0.5) is 0 Å². The first-order valence-electron chi connectivity index (χ1n) is 8.22. The molecule has 124 valence electrons. The molecule has 1 amide bonds. The van der Waals surface area contributed by atoms with E-state index < -0.39 is 6.10 Å². The molecule has 0 bridgehead atoms.